The summed E-state index contributed by atoms with van der Waals surface area (Å²) in [6.45, 7) is 0. The normalized spacial score (nSPS) is 10.7. The number of anilines is 1. The van der Waals surface area contributed by atoms with E-state index in [9.17, 15) is 0 Å². The van der Waals surface area contributed by atoms with E-state index in [-0.39, 0.29) is 5.95 Å². The van der Waals surface area contributed by atoms with Gasteiger partial charge in [-0.2, -0.15) is 25.3 Å². The molecule has 0 unspecified atom stereocenters. The second-order valence-electron chi connectivity index (χ2n) is 3.32. The Hall–Kier alpha value is -2.29. The smallest absolute Gasteiger partial charge is 0.272 e. The highest BCUT2D eigenvalue weighted by Crippen LogP contribution is 2.24. The zero-order valence-corrected chi connectivity index (χ0v) is 10.6. The van der Waals surface area contributed by atoms with Gasteiger partial charge in [0.1, 0.15) is 10.3 Å². The summed E-state index contributed by atoms with van der Waals surface area (Å²) in [5.41, 5.74) is 5.83. The fourth-order valence-corrected chi connectivity index (χ4v) is 1.75. The van der Waals surface area contributed by atoms with Crippen LogP contribution < -0.4 is 5.73 Å². The van der Waals surface area contributed by atoms with Gasteiger partial charge in [-0.15, -0.1) is 4.80 Å². The first-order valence-electron chi connectivity index (χ1n) is 4.95. The Morgan fingerprint density at radius 3 is 2.50 bits per heavy atom. The number of hydrogen-bond acceptors (Lipinski definition) is 6. The predicted molar refractivity (Wildman–Crippen MR) is 66.2 cm³/mol. The van der Waals surface area contributed by atoms with E-state index in [0.29, 0.717) is 16.1 Å². The Morgan fingerprint density at radius 2 is 1.83 bits per heavy atom. The van der Waals surface area contributed by atoms with Crippen molar-refractivity contribution < 1.29 is 0 Å². The molecule has 0 amide bonds. The van der Waals surface area contributed by atoms with Gasteiger partial charge < -0.3 is 5.73 Å². The van der Waals surface area contributed by atoms with Gasteiger partial charge in [0.2, 0.25) is 0 Å². The summed E-state index contributed by atoms with van der Waals surface area (Å²) < 4.78 is 2.15. The van der Waals surface area contributed by atoms with Crippen LogP contribution in [-0.4, -0.2) is 34.7 Å². The lowest BCUT2D eigenvalue weighted by molar-refractivity contribution is 0.693. The van der Waals surface area contributed by atoms with E-state index in [4.69, 9.17) is 5.73 Å². The lowest BCUT2D eigenvalue weighted by atomic mass is 10.5. The molecule has 0 saturated heterocycles. The minimum absolute atomic E-state index is 0.284. The minimum Gasteiger partial charge on any atom is -0.383 e. The van der Waals surface area contributed by atoms with Crippen molar-refractivity contribution in [1.29, 1.82) is 0 Å². The van der Waals surface area contributed by atoms with Crippen LogP contribution in [0.15, 0.2) is 35.3 Å². The topological polar surface area (TPSA) is 100 Å². The second-order valence-corrected chi connectivity index (χ2v) is 4.11. The molecule has 0 atom stereocenters. The van der Waals surface area contributed by atoms with E-state index < -0.39 is 0 Å². The van der Waals surface area contributed by atoms with Gasteiger partial charge in [0.05, 0.1) is 12.4 Å². The molecule has 3 rings (SSSR count). The monoisotopic (exact) mass is 306 g/mol. The average Bonchev–Trinajstić information content (AvgIpc) is 3.03. The molecule has 2 N–H and O–H groups in total. The van der Waals surface area contributed by atoms with E-state index in [1.165, 1.54) is 17.2 Å². The van der Waals surface area contributed by atoms with Crippen molar-refractivity contribution >= 4 is 21.7 Å². The molecule has 0 saturated carbocycles. The third-order valence-electron chi connectivity index (χ3n) is 2.17. The van der Waals surface area contributed by atoms with Crippen molar-refractivity contribution in [2.24, 2.45) is 0 Å². The number of nitrogens with two attached hydrogens (primary N) is 1. The number of nitrogens with zero attached hydrogens (tertiary/aromatic N) is 7. The van der Waals surface area contributed by atoms with Crippen LogP contribution in [0.1, 0.15) is 0 Å². The molecule has 3 heterocycles. The molecule has 18 heavy (non-hydrogen) atoms. The molecular formula is C9H7BrN8. The van der Waals surface area contributed by atoms with Crippen molar-refractivity contribution in [3.63, 3.8) is 0 Å². The van der Waals surface area contributed by atoms with E-state index in [1.807, 2.05) is 0 Å². The SMILES string of the molecule is Nc1nc(-n2nccn2)nc(-n2cccn2)c1Br. The largest absolute Gasteiger partial charge is 0.383 e. The van der Waals surface area contributed by atoms with E-state index >= 15 is 0 Å². The molecule has 0 aliphatic heterocycles. The van der Waals surface area contributed by atoms with E-state index in [2.05, 4.69) is 41.2 Å². The highest BCUT2D eigenvalue weighted by atomic mass is 79.9. The molecule has 9 heteroatoms. The Balaban J connectivity index is 2.20. The number of halogens is 1. The van der Waals surface area contributed by atoms with Crippen LogP contribution in [0.3, 0.4) is 0 Å². The fraction of sp³-hybridized carbons (Fsp3) is 0. The van der Waals surface area contributed by atoms with Crippen LogP contribution in [0.25, 0.3) is 11.8 Å². The van der Waals surface area contributed by atoms with Gasteiger partial charge in [-0.1, -0.05) is 0 Å². The molecule has 0 aromatic carbocycles. The maximum Gasteiger partial charge on any atom is 0.272 e. The summed E-state index contributed by atoms with van der Waals surface area (Å²) >= 11 is 3.34. The Labute approximate surface area is 110 Å². The number of aromatic nitrogens is 7. The van der Waals surface area contributed by atoms with Crippen molar-refractivity contribution in [3.05, 3.63) is 35.3 Å². The Kier molecular flexibility index (Phi) is 2.52. The first-order chi connectivity index (χ1) is 8.75. The molecule has 3 aromatic heterocycles. The van der Waals surface area contributed by atoms with E-state index in [0.717, 1.165) is 0 Å². The summed E-state index contributed by atoms with van der Waals surface area (Å²) in [6, 6.07) is 1.79. The van der Waals surface area contributed by atoms with Gasteiger partial charge >= 0.3 is 0 Å². The zero-order chi connectivity index (χ0) is 12.5. The molecule has 0 spiro atoms. The lowest BCUT2D eigenvalue weighted by Gasteiger charge is -2.07. The van der Waals surface area contributed by atoms with Gasteiger partial charge in [-0.05, 0) is 22.0 Å². The maximum atomic E-state index is 5.83. The quantitative estimate of drug-likeness (QED) is 0.743. The zero-order valence-electron chi connectivity index (χ0n) is 8.97. The molecule has 0 aliphatic carbocycles. The third-order valence-corrected chi connectivity index (χ3v) is 2.93. The molecule has 0 radical (unpaired) electrons. The van der Waals surface area contributed by atoms with Crippen LogP contribution in [0.5, 0.6) is 0 Å². The molecule has 3 aromatic rings. The standard InChI is InChI=1S/C9H7BrN8/c10-6-7(11)15-9(18-13-3-4-14-18)16-8(6)17-5-1-2-12-17/h1-5H,(H2,11,15,16). The van der Waals surface area contributed by atoms with Gasteiger partial charge in [0.25, 0.3) is 5.95 Å². The summed E-state index contributed by atoms with van der Waals surface area (Å²) in [5.74, 6) is 1.11. The predicted octanol–water partition coefficient (Wildman–Crippen LogP) is 0.588. The molecule has 0 aliphatic rings. The molecular weight excluding hydrogens is 300 g/mol. The first kappa shape index (κ1) is 10.8. The number of nitrogen functional groups attached to an aromatic ring is 1. The van der Waals surface area contributed by atoms with Crippen molar-refractivity contribution in [1.82, 2.24) is 34.7 Å². The van der Waals surface area contributed by atoms with Crippen molar-refractivity contribution in [2.75, 3.05) is 5.73 Å². The molecule has 8 nitrogen and oxygen atoms in total. The van der Waals surface area contributed by atoms with Crippen molar-refractivity contribution in [2.45, 2.75) is 0 Å². The fourth-order valence-electron chi connectivity index (χ4n) is 1.39. The average molecular weight is 307 g/mol. The van der Waals surface area contributed by atoms with Crippen LogP contribution in [0, 0.1) is 0 Å². The number of hydrogen-bond donors (Lipinski definition) is 1. The highest BCUT2D eigenvalue weighted by Gasteiger charge is 2.13. The van der Waals surface area contributed by atoms with Gasteiger partial charge in [-0.3, -0.25) is 0 Å². The second kappa shape index (κ2) is 4.18. The third kappa shape index (κ3) is 1.74. The van der Waals surface area contributed by atoms with Gasteiger partial charge in [0, 0.05) is 12.4 Å². The summed E-state index contributed by atoms with van der Waals surface area (Å²) in [4.78, 5) is 9.71. The van der Waals surface area contributed by atoms with Crippen LogP contribution in [-0.2, 0) is 0 Å². The van der Waals surface area contributed by atoms with Crippen LogP contribution in [0.4, 0.5) is 5.82 Å². The summed E-state index contributed by atoms with van der Waals surface area (Å²) in [7, 11) is 0. The Morgan fingerprint density at radius 1 is 1.06 bits per heavy atom. The lowest BCUT2D eigenvalue weighted by Crippen LogP contribution is -2.11. The van der Waals surface area contributed by atoms with E-state index in [1.54, 1.807) is 23.1 Å². The highest BCUT2D eigenvalue weighted by molar-refractivity contribution is 9.10. The minimum atomic E-state index is 0.284. The van der Waals surface area contributed by atoms with Crippen molar-refractivity contribution in [3.8, 4) is 11.8 Å². The maximum absolute atomic E-state index is 5.83. The van der Waals surface area contributed by atoms with Gasteiger partial charge in [0.15, 0.2) is 5.82 Å². The Bertz CT molecular complexity index is 660. The number of rotatable bonds is 2. The summed E-state index contributed by atoms with van der Waals surface area (Å²) in [5, 5.41) is 12.0. The van der Waals surface area contributed by atoms with Crippen LogP contribution >= 0.6 is 15.9 Å². The molecule has 0 fully saturated rings. The molecule has 90 valence electrons. The van der Waals surface area contributed by atoms with Gasteiger partial charge in [-0.25, -0.2) is 4.68 Å². The van der Waals surface area contributed by atoms with Crippen LogP contribution in [0.2, 0.25) is 0 Å². The summed E-state index contributed by atoms with van der Waals surface area (Å²) in [6.07, 6.45) is 6.48. The molecule has 0 bridgehead atoms. The first-order valence-corrected chi connectivity index (χ1v) is 5.75.